The lowest BCUT2D eigenvalue weighted by Gasteiger charge is -2.07. The highest BCUT2D eigenvalue weighted by Crippen LogP contribution is 2.21. The Bertz CT molecular complexity index is 779. The van der Waals surface area contributed by atoms with Crippen molar-refractivity contribution in [3.05, 3.63) is 48.4 Å². The summed E-state index contributed by atoms with van der Waals surface area (Å²) in [6.07, 6.45) is 2.90. The van der Waals surface area contributed by atoms with Crippen LogP contribution in [-0.2, 0) is 0 Å². The van der Waals surface area contributed by atoms with E-state index < -0.39 is 5.97 Å². The van der Waals surface area contributed by atoms with E-state index in [1.165, 1.54) is 12.3 Å². The van der Waals surface area contributed by atoms with E-state index in [9.17, 15) is 4.79 Å². The molecule has 2 aromatic heterocycles. The Morgan fingerprint density at radius 1 is 1.26 bits per heavy atom. The number of carboxylic acids is 1. The number of para-hydroxylation sites is 2. The van der Waals surface area contributed by atoms with Crippen LogP contribution in [0.4, 0.5) is 5.69 Å². The maximum Gasteiger partial charge on any atom is 0.337 e. The highest BCUT2D eigenvalue weighted by Gasteiger charge is 2.11. The number of nitrogens with zero attached hydrogens (tertiary/aromatic N) is 3. The second-order valence-corrected chi connectivity index (χ2v) is 4.05. The third-order valence-electron chi connectivity index (χ3n) is 2.82. The lowest BCUT2D eigenvalue weighted by Crippen LogP contribution is -2.05. The Balaban J connectivity index is 2.19. The van der Waals surface area contributed by atoms with Crippen molar-refractivity contribution >= 4 is 22.7 Å². The van der Waals surface area contributed by atoms with Crippen molar-refractivity contribution in [3.8, 4) is 5.82 Å². The normalized spacial score (nSPS) is 10.7. The zero-order valence-corrected chi connectivity index (χ0v) is 9.82. The number of aromatic nitrogens is 3. The number of rotatable bonds is 2. The van der Waals surface area contributed by atoms with E-state index in [1.807, 2.05) is 24.3 Å². The summed E-state index contributed by atoms with van der Waals surface area (Å²) in [4.78, 5) is 19.2. The molecule has 0 bridgehead atoms. The van der Waals surface area contributed by atoms with E-state index in [4.69, 9.17) is 10.8 Å². The molecule has 0 saturated heterocycles. The summed E-state index contributed by atoms with van der Waals surface area (Å²) in [6.45, 7) is 0. The monoisotopic (exact) mass is 254 g/mol. The van der Waals surface area contributed by atoms with Gasteiger partial charge in [0.05, 0.1) is 22.3 Å². The molecule has 0 radical (unpaired) electrons. The van der Waals surface area contributed by atoms with Crippen molar-refractivity contribution in [3.63, 3.8) is 0 Å². The van der Waals surface area contributed by atoms with Crippen LogP contribution in [0, 0.1) is 0 Å². The second kappa shape index (κ2) is 4.09. The number of nitrogens with two attached hydrogens (primary N) is 1. The molecule has 3 rings (SSSR count). The number of imidazole rings is 1. The summed E-state index contributed by atoms with van der Waals surface area (Å²) < 4.78 is 1.73. The largest absolute Gasteiger partial charge is 0.478 e. The Morgan fingerprint density at radius 3 is 2.79 bits per heavy atom. The quantitative estimate of drug-likeness (QED) is 0.725. The summed E-state index contributed by atoms with van der Waals surface area (Å²) in [5, 5.41) is 8.89. The van der Waals surface area contributed by atoms with E-state index in [-0.39, 0.29) is 5.56 Å². The minimum Gasteiger partial charge on any atom is -0.478 e. The van der Waals surface area contributed by atoms with Gasteiger partial charge in [0.15, 0.2) is 5.82 Å². The van der Waals surface area contributed by atoms with Gasteiger partial charge in [-0.05, 0) is 18.2 Å². The van der Waals surface area contributed by atoms with Crippen molar-refractivity contribution in [1.29, 1.82) is 0 Å². The first kappa shape index (κ1) is 11.2. The van der Waals surface area contributed by atoms with Crippen molar-refractivity contribution in [2.24, 2.45) is 0 Å². The predicted octanol–water partition coefficient (Wildman–Crippen LogP) is 1.70. The number of hydrogen-bond acceptors (Lipinski definition) is 4. The second-order valence-electron chi connectivity index (χ2n) is 4.05. The third kappa shape index (κ3) is 1.79. The summed E-state index contributed by atoms with van der Waals surface area (Å²) >= 11 is 0. The number of pyridine rings is 1. The van der Waals surface area contributed by atoms with Crippen molar-refractivity contribution < 1.29 is 9.90 Å². The molecule has 0 atom stereocenters. The van der Waals surface area contributed by atoms with Gasteiger partial charge in [-0.15, -0.1) is 0 Å². The van der Waals surface area contributed by atoms with Crippen LogP contribution in [0.3, 0.4) is 0 Å². The van der Waals surface area contributed by atoms with Crippen LogP contribution in [0.25, 0.3) is 16.9 Å². The number of fused-ring (bicyclic) bond motifs is 1. The van der Waals surface area contributed by atoms with Gasteiger partial charge in [-0.1, -0.05) is 12.1 Å². The number of anilines is 1. The maximum absolute atomic E-state index is 10.8. The molecule has 6 nitrogen and oxygen atoms in total. The highest BCUT2D eigenvalue weighted by molar-refractivity contribution is 5.89. The van der Waals surface area contributed by atoms with Gasteiger partial charge >= 0.3 is 5.97 Å². The van der Waals surface area contributed by atoms with E-state index in [0.29, 0.717) is 11.5 Å². The molecule has 94 valence electrons. The van der Waals surface area contributed by atoms with Crippen molar-refractivity contribution in [2.45, 2.75) is 0 Å². The zero-order chi connectivity index (χ0) is 13.4. The van der Waals surface area contributed by atoms with Crippen LogP contribution < -0.4 is 5.73 Å². The summed E-state index contributed by atoms with van der Waals surface area (Å²) in [5.41, 5.74) is 7.91. The van der Waals surface area contributed by atoms with Gasteiger partial charge in [0.25, 0.3) is 0 Å². The molecule has 0 spiro atoms. The molecule has 0 aliphatic heterocycles. The Hall–Kier alpha value is -2.89. The lowest BCUT2D eigenvalue weighted by molar-refractivity contribution is 0.0696. The van der Waals surface area contributed by atoms with Gasteiger partial charge in [0.1, 0.15) is 6.33 Å². The number of hydrogen-bond donors (Lipinski definition) is 2. The number of carbonyl (C=O) groups is 1. The van der Waals surface area contributed by atoms with Crippen LogP contribution in [0.5, 0.6) is 0 Å². The first-order valence-electron chi connectivity index (χ1n) is 5.58. The first-order chi connectivity index (χ1) is 9.16. The molecule has 0 aliphatic carbocycles. The molecule has 2 heterocycles. The molecule has 3 N–H and O–H groups in total. The van der Waals surface area contributed by atoms with Gasteiger partial charge < -0.3 is 10.8 Å². The summed E-state index contributed by atoms with van der Waals surface area (Å²) in [5.74, 6) is -0.583. The molecule has 19 heavy (non-hydrogen) atoms. The minimum absolute atomic E-state index is 0.0608. The standard InChI is InChI=1S/C13H10N4O2/c14-9-5-8(13(18)19)6-15-12(9)17-7-16-10-3-1-2-4-11(10)17/h1-7H,14H2,(H,18,19). The Kier molecular flexibility index (Phi) is 2.42. The van der Waals surface area contributed by atoms with Gasteiger partial charge in [-0.3, -0.25) is 4.57 Å². The van der Waals surface area contributed by atoms with Crippen LogP contribution >= 0.6 is 0 Å². The topological polar surface area (TPSA) is 94.0 Å². The summed E-state index contributed by atoms with van der Waals surface area (Å²) in [6, 6.07) is 8.95. The van der Waals surface area contributed by atoms with Crippen LogP contribution in [0.2, 0.25) is 0 Å². The summed E-state index contributed by atoms with van der Waals surface area (Å²) in [7, 11) is 0. The number of carboxylic acid groups (broad SMARTS) is 1. The van der Waals surface area contributed by atoms with Crippen LogP contribution in [0.15, 0.2) is 42.9 Å². The van der Waals surface area contributed by atoms with Crippen molar-refractivity contribution in [1.82, 2.24) is 14.5 Å². The van der Waals surface area contributed by atoms with Crippen LogP contribution in [-0.4, -0.2) is 25.6 Å². The fourth-order valence-electron chi connectivity index (χ4n) is 1.92. The molecule has 0 aliphatic rings. The van der Waals surface area contributed by atoms with Crippen LogP contribution in [0.1, 0.15) is 10.4 Å². The Morgan fingerprint density at radius 2 is 2.05 bits per heavy atom. The lowest BCUT2D eigenvalue weighted by atomic mass is 10.2. The molecular weight excluding hydrogens is 244 g/mol. The molecule has 1 aromatic carbocycles. The fourth-order valence-corrected chi connectivity index (χ4v) is 1.92. The number of nitrogen functional groups attached to an aromatic ring is 1. The zero-order valence-electron chi connectivity index (χ0n) is 9.82. The van der Waals surface area contributed by atoms with E-state index in [1.54, 1.807) is 10.9 Å². The van der Waals surface area contributed by atoms with Gasteiger partial charge in [-0.25, -0.2) is 14.8 Å². The van der Waals surface area contributed by atoms with E-state index in [2.05, 4.69) is 9.97 Å². The van der Waals surface area contributed by atoms with E-state index >= 15 is 0 Å². The minimum atomic E-state index is -1.05. The van der Waals surface area contributed by atoms with Gasteiger partial charge in [-0.2, -0.15) is 0 Å². The molecule has 3 aromatic rings. The molecule has 0 fully saturated rings. The fraction of sp³-hybridized carbons (Fsp3) is 0. The van der Waals surface area contributed by atoms with Gasteiger partial charge in [0.2, 0.25) is 0 Å². The van der Waals surface area contributed by atoms with Gasteiger partial charge in [0, 0.05) is 6.20 Å². The number of aromatic carboxylic acids is 1. The van der Waals surface area contributed by atoms with Crippen molar-refractivity contribution in [2.75, 3.05) is 5.73 Å². The average Bonchev–Trinajstić information content (AvgIpc) is 2.82. The van der Waals surface area contributed by atoms with E-state index in [0.717, 1.165) is 11.0 Å². The predicted molar refractivity (Wildman–Crippen MR) is 70.2 cm³/mol. The molecule has 0 saturated carbocycles. The maximum atomic E-state index is 10.8. The molecular formula is C13H10N4O2. The third-order valence-corrected chi connectivity index (χ3v) is 2.82. The Labute approximate surface area is 108 Å². The number of benzene rings is 1. The molecule has 6 heteroatoms. The average molecular weight is 254 g/mol. The smallest absolute Gasteiger partial charge is 0.337 e. The highest BCUT2D eigenvalue weighted by atomic mass is 16.4. The SMILES string of the molecule is Nc1cc(C(=O)O)cnc1-n1cnc2ccccc21. The first-order valence-corrected chi connectivity index (χ1v) is 5.58. The molecule has 0 amide bonds. The molecule has 0 unspecified atom stereocenters.